The average molecular weight is 418 g/mol. The Hall–Kier alpha value is -4.07. The van der Waals surface area contributed by atoms with Crippen LogP contribution in [0.4, 0.5) is 4.39 Å². The molecule has 2 heterocycles. The number of hydrogen-bond acceptors (Lipinski definition) is 6. The number of ether oxygens (including phenoxy) is 1. The highest BCUT2D eigenvalue weighted by Crippen LogP contribution is 2.22. The van der Waals surface area contributed by atoms with Crippen molar-refractivity contribution in [1.82, 2.24) is 20.0 Å². The van der Waals surface area contributed by atoms with Crippen molar-refractivity contribution in [3.8, 4) is 11.5 Å². The molecule has 0 aliphatic heterocycles. The van der Waals surface area contributed by atoms with E-state index in [1.807, 2.05) is 36.5 Å². The molecule has 31 heavy (non-hydrogen) atoms. The summed E-state index contributed by atoms with van der Waals surface area (Å²) in [6, 6.07) is 15.6. The molecule has 0 aliphatic carbocycles. The number of esters is 1. The van der Waals surface area contributed by atoms with Gasteiger partial charge in [-0.3, -0.25) is 4.68 Å². The van der Waals surface area contributed by atoms with Crippen molar-refractivity contribution in [3.63, 3.8) is 0 Å². The maximum Gasteiger partial charge on any atom is 0.331 e. The van der Waals surface area contributed by atoms with Crippen LogP contribution in [0.2, 0.25) is 0 Å². The van der Waals surface area contributed by atoms with E-state index in [0.717, 1.165) is 11.1 Å². The molecular formula is C23H19FN4O3. The standard InChI is InChI=1S/C23H19FN4O3/c1-16(22-26-27-23(31-22)19-8-10-20(24)11-9-19)30-21(29)12-7-18-13-25-28(15-18)14-17-5-3-2-4-6-17/h2-13,15-16H,14H2,1H3/b12-7+/t16-/m0/s1. The van der Waals surface area contributed by atoms with Crippen molar-refractivity contribution in [2.24, 2.45) is 0 Å². The number of rotatable bonds is 7. The van der Waals surface area contributed by atoms with Gasteiger partial charge in [-0.15, -0.1) is 10.2 Å². The molecule has 1 atom stereocenters. The Morgan fingerprint density at radius 1 is 1.16 bits per heavy atom. The molecule has 0 saturated heterocycles. The molecule has 4 aromatic rings. The smallest absolute Gasteiger partial charge is 0.331 e. The van der Waals surface area contributed by atoms with Crippen LogP contribution in [0.25, 0.3) is 17.5 Å². The van der Waals surface area contributed by atoms with Gasteiger partial charge in [-0.25, -0.2) is 9.18 Å². The van der Waals surface area contributed by atoms with Gasteiger partial charge >= 0.3 is 5.97 Å². The van der Waals surface area contributed by atoms with Crippen LogP contribution in [0, 0.1) is 5.82 Å². The fourth-order valence-electron chi connectivity index (χ4n) is 2.86. The summed E-state index contributed by atoms with van der Waals surface area (Å²) in [6.07, 6.45) is 5.72. The highest BCUT2D eigenvalue weighted by atomic mass is 19.1. The first-order valence-electron chi connectivity index (χ1n) is 9.61. The number of halogens is 1. The minimum absolute atomic E-state index is 0.150. The van der Waals surface area contributed by atoms with Crippen molar-refractivity contribution in [3.05, 3.63) is 95.9 Å². The van der Waals surface area contributed by atoms with Gasteiger partial charge in [0.15, 0.2) is 6.10 Å². The largest absolute Gasteiger partial charge is 0.449 e. The third-order valence-electron chi connectivity index (χ3n) is 4.42. The zero-order valence-corrected chi connectivity index (χ0v) is 16.7. The first kappa shape index (κ1) is 20.2. The molecule has 156 valence electrons. The molecular weight excluding hydrogens is 399 g/mol. The zero-order valence-electron chi connectivity index (χ0n) is 16.7. The van der Waals surface area contributed by atoms with Crippen molar-refractivity contribution < 1.29 is 18.3 Å². The summed E-state index contributed by atoms with van der Waals surface area (Å²) in [4.78, 5) is 12.1. The third kappa shape index (κ3) is 5.30. The molecule has 0 bridgehead atoms. The lowest BCUT2D eigenvalue weighted by Crippen LogP contribution is -2.06. The Bertz CT molecular complexity index is 1180. The van der Waals surface area contributed by atoms with Crippen LogP contribution in [0.3, 0.4) is 0 Å². The topological polar surface area (TPSA) is 83.0 Å². The van der Waals surface area contributed by atoms with Crippen molar-refractivity contribution >= 4 is 12.0 Å². The summed E-state index contributed by atoms with van der Waals surface area (Å²) in [6.45, 7) is 2.27. The monoisotopic (exact) mass is 418 g/mol. The van der Waals surface area contributed by atoms with Gasteiger partial charge in [-0.05, 0) is 42.8 Å². The van der Waals surface area contributed by atoms with E-state index in [-0.39, 0.29) is 17.6 Å². The minimum Gasteiger partial charge on any atom is -0.449 e. The summed E-state index contributed by atoms with van der Waals surface area (Å²) >= 11 is 0. The fourth-order valence-corrected chi connectivity index (χ4v) is 2.86. The average Bonchev–Trinajstić information content (AvgIpc) is 3.44. The van der Waals surface area contributed by atoms with Gasteiger partial charge in [0.1, 0.15) is 5.82 Å². The van der Waals surface area contributed by atoms with Crippen LogP contribution in [0.1, 0.15) is 30.0 Å². The van der Waals surface area contributed by atoms with Crippen molar-refractivity contribution in [2.75, 3.05) is 0 Å². The van der Waals surface area contributed by atoms with E-state index in [9.17, 15) is 9.18 Å². The Morgan fingerprint density at radius 3 is 2.71 bits per heavy atom. The Balaban J connectivity index is 1.33. The predicted octanol–water partition coefficient (Wildman–Crippen LogP) is 4.44. The van der Waals surface area contributed by atoms with E-state index in [1.54, 1.807) is 23.9 Å². The highest BCUT2D eigenvalue weighted by molar-refractivity contribution is 5.87. The molecule has 0 radical (unpaired) electrons. The molecule has 7 nitrogen and oxygen atoms in total. The predicted molar refractivity (Wildman–Crippen MR) is 111 cm³/mol. The highest BCUT2D eigenvalue weighted by Gasteiger charge is 2.18. The van der Waals surface area contributed by atoms with E-state index in [2.05, 4.69) is 15.3 Å². The van der Waals surface area contributed by atoms with Crippen molar-refractivity contribution in [2.45, 2.75) is 19.6 Å². The number of benzene rings is 2. The number of aromatic nitrogens is 4. The minimum atomic E-state index is -0.736. The van der Waals surface area contributed by atoms with E-state index in [0.29, 0.717) is 12.1 Å². The molecule has 0 saturated carbocycles. The Morgan fingerprint density at radius 2 is 1.94 bits per heavy atom. The maximum atomic E-state index is 13.0. The van der Waals surface area contributed by atoms with Crippen molar-refractivity contribution in [1.29, 1.82) is 0 Å². The van der Waals surface area contributed by atoms with Crippen LogP contribution < -0.4 is 0 Å². The molecule has 2 aromatic heterocycles. The zero-order chi connectivity index (χ0) is 21.6. The lowest BCUT2D eigenvalue weighted by atomic mass is 10.2. The first-order valence-corrected chi connectivity index (χ1v) is 9.61. The van der Waals surface area contributed by atoms with Crippen LogP contribution >= 0.6 is 0 Å². The van der Waals surface area contributed by atoms with Gasteiger partial charge in [0.05, 0.1) is 12.7 Å². The second-order valence-corrected chi connectivity index (χ2v) is 6.82. The van der Waals surface area contributed by atoms with Gasteiger partial charge in [0.2, 0.25) is 5.89 Å². The maximum absolute atomic E-state index is 13.0. The summed E-state index contributed by atoms with van der Waals surface area (Å²) in [5.74, 6) is -0.538. The Kier molecular flexibility index (Phi) is 5.98. The SMILES string of the molecule is C[C@H](OC(=O)/C=C/c1cnn(Cc2ccccc2)c1)c1nnc(-c2ccc(F)cc2)o1. The molecule has 8 heteroatoms. The van der Waals surface area contributed by atoms with Crippen LogP contribution in [-0.4, -0.2) is 25.9 Å². The van der Waals surface area contributed by atoms with Crippen LogP contribution in [0.5, 0.6) is 0 Å². The summed E-state index contributed by atoms with van der Waals surface area (Å²) in [5.41, 5.74) is 2.48. The molecule has 0 fully saturated rings. The number of hydrogen-bond donors (Lipinski definition) is 0. The lowest BCUT2D eigenvalue weighted by Gasteiger charge is -2.06. The third-order valence-corrected chi connectivity index (χ3v) is 4.42. The fraction of sp³-hybridized carbons (Fsp3) is 0.130. The quantitative estimate of drug-likeness (QED) is 0.326. The first-order chi connectivity index (χ1) is 15.1. The Labute approximate surface area is 177 Å². The van der Waals surface area contributed by atoms with Gasteiger partial charge in [0, 0.05) is 23.4 Å². The molecule has 2 aromatic carbocycles. The summed E-state index contributed by atoms with van der Waals surface area (Å²) in [7, 11) is 0. The second kappa shape index (κ2) is 9.17. The summed E-state index contributed by atoms with van der Waals surface area (Å²) < 4.78 is 25.7. The summed E-state index contributed by atoms with van der Waals surface area (Å²) in [5, 5.41) is 12.1. The lowest BCUT2D eigenvalue weighted by molar-refractivity contribution is -0.143. The molecule has 0 spiro atoms. The van der Waals surface area contributed by atoms with Crippen LogP contribution in [-0.2, 0) is 16.1 Å². The normalized spacial score (nSPS) is 12.2. The van der Waals surface area contributed by atoms with Crippen LogP contribution in [0.15, 0.2) is 77.5 Å². The van der Waals surface area contributed by atoms with E-state index in [1.165, 1.54) is 30.3 Å². The molecule has 4 rings (SSSR count). The molecule has 0 N–H and O–H groups in total. The van der Waals surface area contributed by atoms with Gasteiger partial charge in [-0.1, -0.05) is 30.3 Å². The van der Waals surface area contributed by atoms with Gasteiger partial charge < -0.3 is 9.15 Å². The van der Waals surface area contributed by atoms with Gasteiger partial charge in [-0.2, -0.15) is 5.10 Å². The van der Waals surface area contributed by atoms with E-state index < -0.39 is 12.1 Å². The van der Waals surface area contributed by atoms with Gasteiger partial charge in [0.25, 0.3) is 5.89 Å². The molecule has 0 aliphatic rings. The van der Waals surface area contributed by atoms with E-state index in [4.69, 9.17) is 9.15 Å². The number of carbonyl (C=O) groups is 1. The molecule has 0 unspecified atom stereocenters. The number of carbonyl (C=O) groups excluding carboxylic acids is 1. The second-order valence-electron chi connectivity index (χ2n) is 6.82. The van der Waals surface area contributed by atoms with E-state index >= 15 is 0 Å². The molecule has 0 amide bonds. The number of nitrogens with zero attached hydrogens (tertiary/aromatic N) is 4.